The van der Waals surface area contributed by atoms with Crippen LogP contribution in [-0.4, -0.2) is 18.2 Å². The van der Waals surface area contributed by atoms with E-state index in [1.54, 1.807) is 12.1 Å². The number of rotatable bonds is 5. The van der Waals surface area contributed by atoms with Crippen LogP contribution >= 0.6 is 11.6 Å². The summed E-state index contributed by atoms with van der Waals surface area (Å²) in [7, 11) is 1.44. The molecule has 2 aromatic rings. The molecule has 0 bridgehead atoms. The molecule has 0 atom stereocenters. The number of benzene rings is 2. The molecular formula is C15H12ClFO4. The molecule has 0 fully saturated rings. The summed E-state index contributed by atoms with van der Waals surface area (Å²) in [5, 5.41) is 9.12. The normalized spacial score (nSPS) is 10.2. The van der Waals surface area contributed by atoms with Crippen LogP contribution in [0.15, 0.2) is 36.4 Å². The molecule has 0 spiro atoms. The number of carbonyl (C=O) groups is 1. The van der Waals surface area contributed by atoms with Crippen molar-refractivity contribution in [3.63, 3.8) is 0 Å². The molecule has 0 unspecified atom stereocenters. The van der Waals surface area contributed by atoms with Crippen LogP contribution in [0, 0.1) is 5.82 Å². The molecule has 0 saturated carbocycles. The van der Waals surface area contributed by atoms with Crippen molar-refractivity contribution in [1.29, 1.82) is 0 Å². The van der Waals surface area contributed by atoms with Crippen molar-refractivity contribution in [1.82, 2.24) is 0 Å². The van der Waals surface area contributed by atoms with Crippen molar-refractivity contribution in [2.75, 3.05) is 7.11 Å². The maximum atomic E-state index is 13.3. The second-order valence-electron chi connectivity index (χ2n) is 4.17. The molecule has 2 aromatic carbocycles. The molecular weight excluding hydrogens is 299 g/mol. The second kappa shape index (κ2) is 6.45. The van der Waals surface area contributed by atoms with Gasteiger partial charge >= 0.3 is 5.97 Å². The number of hydrogen-bond donors (Lipinski definition) is 1. The van der Waals surface area contributed by atoms with E-state index in [1.165, 1.54) is 31.4 Å². The Hall–Kier alpha value is -2.27. The first kappa shape index (κ1) is 15.1. The largest absolute Gasteiger partial charge is 0.497 e. The van der Waals surface area contributed by atoms with E-state index >= 15 is 0 Å². The molecule has 0 aromatic heterocycles. The predicted octanol–water partition coefficient (Wildman–Crippen LogP) is 3.76. The van der Waals surface area contributed by atoms with Gasteiger partial charge in [-0.15, -0.1) is 0 Å². The van der Waals surface area contributed by atoms with Crippen molar-refractivity contribution in [2.45, 2.75) is 6.61 Å². The third kappa shape index (κ3) is 3.44. The van der Waals surface area contributed by atoms with E-state index in [1.807, 2.05) is 0 Å². The van der Waals surface area contributed by atoms with Crippen LogP contribution in [0.5, 0.6) is 11.5 Å². The van der Waals surface area contributed by atoms with E-state index < -0.39 is 11.8 Å². The van der Waals surface area contributed by atoms with Crippen LogP contribution in [0.3, 0.4) is 0 Å². The topological polar surface area (TPSA) is 55.8 Å². The van der Waals surface area contributed by atoms with Gasteiger partial charge in [-0.3, -0.25) is 0 Å². The van der Waals surface area contributed by atoms with Crippen molar-refractivity contribution in [3.05, 3.63) is 58.4 Å². The summed E-state index contributed by atoms with van der Waals surface area (Å²) in [5.74, 6) is -1.13. The van der Waals surface area contributed by atoms with Gasteiger partial charge in [-0.05, 0) is 24.3 Å². The number of aromatic carboxylic acids is 1. The number of hydrogen-bond acceptors (Lipinski definition) is 3. The number of halogens is 2. The molecule has 2 rings (SSSR count). The fourth-order valence-electron chi connectivity index (χ4n) is 1.74. The molecule has 110 valence electrons. The van der Waals surface area contributed by atoms with Crippen LogP contribution in [0.25, 0.3) is 0 Å². The van der Waals surface area contributed by atoms with E-state index in [4.69, 9.17) is 26.2 Å². The van der Waals surface area contributed by atoms with Gasteiger partial charge in [-0.2, -0.15) is 0 Å². The fraction of sp³-hybridized carbons (Fsp3) is 0.133. The average Bonchev–Trinajstić information content (AvgIpc) is 2.48. The Labute approximate surface area is 125 Å². The Morgan fingerprint density at radius 3 is 2.76 bits per heavy atom. The Kier molecular flexibility index (Phi) is 4.65. The van der Waals surface area contributed by atoms with Gasteiger partial charge in [-0.1, -0.05) is 23.7 Å². The van der Waals surface area contributed by atoms with Crippen LogP contribution in [0.1, 0.15) is 15.9 Å². The summed E-state index contributed by atoms with van der Waals surface area (Å²) in [6.07, 6.45) is 0. The van der Waals surface area contributed by atoms with Crippen molar-refractivity contribution < 1.29 is 23.8 Å². The van der Waals surface area contributed by atoms with Crippen molar-refractivity contribution in [3.8, 4) is 11.5 Å². The lowest BCUT2D eigenvalue weighted by molar-refractivity contribution is 0.0691. The predicted molar refractivity (Wildman–Crippen MR) is 75.7 cm³/mol. The van der Waals surface area contributed by atoms with E-state index in [0.717, 1.165) is 0 Å². The summed E-state index contributed by atoms with van der Waals surface area (Å²) < 4.78 is 23.7. The van der Waals surface area contributed by atoms with E-state index in [-0.39, 0.29) is 22.9 Å². The third-order valence-corrected chi connectivity index (χ3v) is 3.26. The summed E-state index contributed by atoms with van der Waals surface area (Å²) in [6, 6.07) is 8.76. The Bertz CT molecular complexity index is 673. The molecule has 21 heavy (non-hydrogen) atoms. The Balaban J connectivity index is 2.23. The van der Waals surface area contributed by atoms with E-state index in [0.29, 0.717) is 11.3 Å². The quantitative estimate of drug-likeness (QED) is 0.913. The highest BCUT2D eigenvalue weighted by atomic mass is 35.5. The van der Waals surface area contributed by atoms with Crippen molar-refractivity contribution in [2.24, 2.45) is 0 Å². The molecule has 0 aliphatic carbocycles. The summed E-state index contributed by atoms with van der Waals surface area (Å²) in [6.45, 7) is -0.0385. The molecule has 0 saturated heterocycles. The minimum atomic E-state index is -1.14. The number of carboxylic acids is 1. The van der Waals surface area contributed by atoms with E-state index in [9.17, 15) is 9.18 Å². The zero-order chi connectivity index (χ0) is 15.4. The van der Waals surface area contributed by atoms with Gasteiger partial charge in [0.15, 0.2) is 0 Å². The first-order chi connectivity index (χ1) is 10.0. The van der Waals surface area contributed by atoms with Gasteiger partial charge in [0, 0.05) is 5.56 Å². The Morgan fingerprint density at radius 2 is 2.10 bits per heavy atom. The van der Waals surface area contributed by atoms with Gasteiger partial charge in [0.05, 0.1) is 12.1 Å². The fourth-order valence-corrected chi connectivity index (χ4v) is 1.93. The van der Waals surface area contributed by atoms with Gasteiger partial charge in [0.25, 0.3) is 0 Å². The maximum absolute atomic E-state index is 13.3. The zero-order valence-electron chi connectivity index (χ0n) is 11.1. The number of carboxylic acid groups (broad SMARTS) is 1. The average molecular weight is 311 g/mol. The lowest BCUT2D eigenvalue weighted by Crippen LogP contribution is -2.04. The monoisotopic (exact) mass is 310 g/mol. The van der Waals surface area contributed by atoms with Crippen molar-refractivity contribution >= 4 is 17.6 Å². The molecule has 0 amide bonds. The standard InChI is InChI=1S/C15H12ClFO4/c1-20-10-5-6-13(11(7-10)15(18)19)21-8-9-3-2-4-12(17)14(9)16/h2-7H,8H2,1H3,(H,18,19). The SMILES string of the molecule is COc1ccc(OCc2cccc(F)c2Cl)c(C(=O)O)c1. The molecule has 4 nitrogen and oxygen atoms in total. The van der Waals surface area contributed by atoms with Crippen LogP contribution in [-0.2, 0) is 6.61 Å². The molecule has 1 N–H and O–H groups in total. The molecule has 6 heteroatoms. The minimum absolute atomic E-state index is 0.0385. The molecule has 0 aliphatic rings. The highest BCUT2D eigenvalue weighted by molar-refractivity contribution is 6.31. The van der Waals surface area contributed by atoms with Crippen LogP contribution in [0.2, 0.25) is 5.02 Å². The lowest BCUT2D eigenvalue weighted by Gasteiger charge is -2.11. The first-order valence-corrected chi connectivity index (χ1v) is 6.37. The zero-order valence-corrected chi connectivity index (χ0v) is 11.9. The first-order valence-electron chi connectivity index (χ1n) is 6.00. The van der Waals surface area contributed by atoms with Crippen LogP contribution in [0.4, 0.5) is 4.39 Å². The van der Waals surface area contributed by atoms with Gasteiger partial charge < -0.3 is 14.6 Å². The minimum Gasteiger partial charge on any atom is -0.497 e. The maximum Gasteiger partial charge on any atom is 0.339 e. The number of ether oxygens (including phenoxy) is 2. The lowest BCUT2D eigenvalue weighted by atomic mass is 10.2. The molecule has 0 radical (unpaired) electrons. The highest BCUT2D eigenvalue weighted by Crippen LogP contribution is 2.26. The molecule has 0 aliphatic heterocycles. The molecule has 0 heterocycles. The second-order valence-corrected chi connectivity index (χ2v) is 4.55. The van der Waals surface area contributed by atoms with Gasteiger partial charge in [0.1, 0.15) is 29.5 Å². The number of methoxy groups -OCH3 is 1. The van der Waals surface area contributed by atoms with E-state index in [2.05, 4.69) is 0 Å². The summed E-state index contributed by atoms with van der Waals surface area (Å²) in [5.41, 5.74) is 0.394. The van der Waals surface area contributed by atoms with Gasteiger partial charge in [-0.25, -0.2) is 9.18 Å². The van der Waals surface area contributed by atoms with Gasteiger partial charge in [0.2, 0.25) is 0 Å². The summed E-state index contributed by atoms with van der Waals surface area (Å²) >= 11 is 5.82. The highest BCUT2D eigenvalue weighted by Gasteiger charge is 2.14. The van der Waals surface area contributed by atoms with Crippen LogP contribution < -0.4 is 9.47 Å². The smallest absolute Gasteiger partial charge is 0.339 e. The summed E-state index contributed by atoms with van der Waals surface area (Å²) in [4.78, 5) is 11.2. The third-order valence-electron chi connectivity index (χ3n) is 2.83. The Morgan fingerprint density at radius 1 is 1.33 bits per heavy atom.